The maximum Gasteiger partial charge on any atom is 0.159 e. The number of hydrogen-bond acceptors (Lipinski definition) is 8. The van der Waals surface area contributed by atoms with Gasteiger partial charge < -0.3 is 37.3 Å². The molecule has 0 saturated carbocycles. The second kappa shape index (κ2) is 29.4. The fourth-order valence-electron chi connectivity index (χ4n) is 22.1. The average Bonchev–Trinajstić information content (AvgIpc) is 1.37. The van der Waals surface area contributed by atoms with E-state index in [4.69, 9.17) is 17.7 Å². The molecule has 0 fully saturated rings. The van der Waals surface area contributed by atoms with E-state index in [-0.39, 0.29) is 21.7 Å². The zero-order valence-electron chi connectivity index (χ0n) is 78.3. The Morgan fingerprint density at radius 3 is 0.647 bits per heavy atom. The molecule has 0 unspecified atom stereocenters. The fourth-order valence-corrected chi connectivity index (χ4v) is 22.1. The lowest BCUT2D eigenvalue weighted by atomic mass is 9.78. The lowest BCUT2D eigenvalue weighted by molar-refractivity contribution is 0.572. The van der Waals surface area contributed by atoms with Gasteiger partial charge in [-0.3, -0.25) is 0 Å². The molecule has 0 amide bonds. The van der Waals surface area contributed by atoms with Gasteiger partial charge in [-0.2, -0.15) is 0 Å². The number of anilines is 12. The van der Waals surface area contributed by atoms with Crippen molar-refractivity contribution in [1.82, 2.24) is 0 Å². The lowest BCUT2D eigenvalue weighted by Crippen LogP contribution is -2.19. The van der Waals surface area contributed by atoms with E-state index in [1.807, 2.05) is 0 Å². The van der Waals surface area contributed by atoms with Gasteiger partial charge in [0.2, 0.25) is 0 Å². The summed E-state index contributed by atoms with van der Waals surface area (Å²) >= 11 is 0. The molecule has 0 N–H and O–H groups in total. The Balaban J connectivity index is 0.653. The molecule has 648 valence electrons. The molecule has 24 aromatic rings. The Bertz CT molecular complexity index is 8370. The van der Waals surface area contributed by atoms with Crippen LogP contribution in [-0.2, 0) is 27.1 Å². The highest BCUT2D eigenvalue weighted by Gasteiger charge is 2.35. The van der Waals surface area contributed by atoms with Gasteiger partial charge in [-0.1, -0.05) is 352 Å². The number of fused-ring (bicyclic) bond motifs is 12. The van der Waals surface area contributed by atoms with Crippen LogP contribution in [0.4, 0.5) is 68.2 Å². The van der Waals surface area contributed by atoms with Crippen LogP contribution in [0.15, 0.2) is 357 Å². The maximum absolute atomic E-state index is 7.42. The van der Waals surface area contributed by atoms with Crippen LogP contribution in [0, 0.1) is 13.8 Å². The zero-order valence-corrected chi connectivity index (χ0v) is 78.3. The van der Waals surface area contributed by atoms with Crippen LogP contribution < -0.4 is 19.6 Å². The van der Waals surface area contributed by atoms with Crippen LogP contribution in [0.3, 0.4) is 0 Å². The molecular formula is C125H104N4O4. The van der Waals surface area contributed by atoms with Crippen molar-refractivity contribution in [3.05, 3.63) is 384 Å². The predicted molar refractivity (Wildman–Crippen MR) is 565 cm³/mol. The van der Waals surface area contributed by atoms with Crippen molar-refractivity contribution in [3.8, 4) is 0 Å². The first kappa shape index (κ1) is 81.1. The minimum atomic E-state index is -0.485. The van der Waals surface area contributed by atoms with Crippen LogP contribution in [0.5, 0.6) is 0 Å². The quantitative estimate of drug-likeness (QED) is 0.0998. The molecule has 0 aliphatic heterocycles. The van der Waals surface area contributed by atoms with Crippen molar-refractivity contribution in [2.75, 3.05) is 19.6 Å². The Morgan fingerprint density at radius 1 is 0.173 bits per heavy atom. The smallest absolute Gasteiger partial charge is 0.159 e. The van der Waals surface area contributed by atoms with Crippen LogP contribution in [0.1, 0.15) is 141 Å². The van der Waals surface area contributed by atoms with E-state index >= 15 is 0 Å². The van der Waals surface area contributed by atoms with Crippen molar-refractivity contribution in [1.29, 1.82) is 0 Å². The molecule has 8 heteroatoms. The molecule has 4 aromatic heterocycles. The highest BCUT2D eigenvalue weighted by Crippen LogP contribution is 2.57. The Morgan fingerprint density at radius 2 is 0.391 bits per heavy atom. The number of furan rings is 4. The highest BCUT2D eigenvalue weighted by molar-refractivity contribution is 6.31. The fraction of sp³-hybridized carbons (Fsp3) is 0.168. The van der Waals surface area contributed by atoms with Gasteiger partial charge in [-0.05, 0) is 186 Å². The standard InChI is InChI=1S/C125H104N4O4/c1-73-29-17-19-43-99(73)128(107-47-27-37-89-85-33-23-41-97(123(9,10)11)115(85)132-119(89)107)103-71-55-77-49-65-91-101(69-53-75-51-67-93(103)111(77)109(75)91)126(105-45-25-35-87-83-31-21-39-95(121(3,4)5)113(83)130-117(87)105)81-61-57-79(58-62-81)125(15,16)80-59-63-82(64-60-80)127(106-46-26-36-88-84-32-22-40-96(122(6,7)8)114(84)131-118(88)106)102-70-54-76-52-68-94-104(72-56-78-50-66-92(102)110(76)112(78)94)129(100-44-20-18-30-74(100)2)108-48-28-38-90-86-34-24-42-98(124(12,13)14)116(86)133-120(90)108/h17-72H,1-16H3. The normalized spacial score (nSPS) is 12.8. The largest absolute Gasteiger partial charge is 0.454 e. The minimum Gasteiger partial charge on any atom is -0.454 e. The summed E-state index contributed by atoms with van der Waals surface area (Å²) in [7, 11) is 0. The molecule has 4 heterocycles. The van der Waals surface area contributed by atoms with Crippen molar-refractivity contribution in [3.63, 3.8) is 0 Å². The number of para-hydroxylation sites is 10. The van der Waals surface area contributed by atoms with Crippen molar-refractivity contribution in [2.45, 2.75) is 138 Å². The van der Waals surface area contributed by atoms with E-state index in [2.05, 4.69) is 470 Å². The summed E-state index contributed by atoms with van der Waals surface area (Å²) < 4.78 is 29.3. The van der Waals surface area contributed by atoms with E-state index in [0.29, 0.717) is 0 Å². The van der Waals surface area contributed by atoms with E-state index < -0.39 is 5.41 Å². The predicted octanol–water partition coefficient (Wildman–Crippen LogP) is 37.1. The molecular weight excluding hydrogens is 1620 g/mol. The SMILES string of the molecule is Cc1ccccc1N(c1ccc2ccc3c(N(c4ccc(C(C)(C)c5ccc(N(c6ccc7ccc8c(N(c9ccccc9C)c9cccc%10c9oc9c(C(C)(C)C)cccc9%10)ccc9ccc6c7c98)c6cccc7c6oc6c(C(C)(C)C)cccc67)cc5)cc4)c4cccc5c4oc4c(C(C)(C)C)cccc45)ccc4ccc1c2c43)c1cccc2c1oc1c(C(C)(C)C)cccc12. The molecule has 0 aliphatic rings. The summed E-state index contributed by atoms with van der Waals surface area (Å²) in [6.07, 6.45) is 0. The van der Waals surface area contributed by atoms with Crippen LogP contribution >= 0.6 is 0 Å². The summed E-state index contributed by atoms with van der Waals surface area (Å²) in [5, 5.41) is 22.7. The highest BCUT2D eigenvalue weighted by atomic mass is 16.3. The van der Waals surface area contributed by atoms with E-state index in [1.165, 1.54) is 54.9 Å². The third kappa shape index (κ3) is 12.5. The lowest BCUT2D eigenvalue weighted by Gasteiger charge is -2.31. The summed E-state index contributed by atoms with van der Waals surface area (Å²) in [5.74, 6) is 0. The first-order valence-electron chi connectivity index (χ1n) is 46.9. The molecule has 24 rings (SSSR count). The number of aryl methyl sites for hydroxylation is 2. The van der Waals surface area contributed by atoms with Crippen LogP contribution in [-0.4, -0.2) is 0 Å². The van der Waals surface area contributed by atoms with Gasteiger partial charge in [0.15, 0.2) is 22.3 Å². The second-order valence-electron chi connectivity index (χ2n) is 41.6. The molecule has 8 nitrogen and oxygen atoms in total. The second-order valence-corrected chi connectivity index (χ2v) is 41.6. The third-order valence-corrected chi connectivity index (χ3v) is 28.8. The minimum absolute atomic E-state index is 0.137. The average molecular weight is 1730 g/mol. The van der Waals surface area contributed by atoms with Crippen LogP contribution in [0.25, 0.3) is 152 Å². The molecule has 0 spiro atoms. The van der Waals surface area contributed by atoms with E-state index in [0.717, 1.165) is 210 Å². The van der Waals surface area contributed by atoms with E-state index in [1.54, 1.807) is 0 Å². The zero-order chi connectivity index (χ0) is 90.9. The van der Waals surface area contributed by atoms with Gasteiger partial charge in [0.25, 0.3) is 0 Å². The van der Waals surface area contributed by atoms with E-state index in [9.17, 15) is 0 Å². The van der Waals surface area contributed by atoms with Gasteiger partial charge in [0.05, 0.1) is 45.5 Å². The van der Waals surface area contributed by atoms with Gasteiger partial charge in [-0.15, -0.1) is 0 Å². The Kier molecular flexibility index (Phi) is 18.0. The molecule has 0 atom stereocenters. The Labute approximate surface area is 774 Å². The number of rotatable bonds is 14. The molecule has 0 saturated heterocycles. The van der Waals surface area contributed by atoms with Gasteiger partial charge in [0.1, 0.15) is 22.3 Å². The first-order valence-corrected chi connectivity index (χ1v) is 46.9. The number of nitrogens with zero attached hydrogens (tertiary/aromatic N) is 4. The number of hydrogen-bond donors (Lipinski definition) is 0. The summed E-state index contributed by atoms with van der Waals surface area (Å²) in [5.41, 5.74) is 27.5. The van der Waals surface area contributed by atoms with Crippen molar-refractivity contribution >= 4 is 221 Å². The molecule has 0 radical (unpaired) electrons. The maximum atomic E-state index is 7.42. The Hall–Kier alpha value is -15.1. The monoisotopic (exact) mass is 1720 g/mol. The van der Waals surface area contributed by atoms with Crippen molar-refractivity contribution < 1.29 is 17.7 Å². The first-order chi connectivity index (χ1) is 64.1. The topological polar surface area (TPSA) is 65.5 Å². The molecule has 20 aromatic carbocycles. The summed E-state index contributed by atoms with van der Waals surface area (Å²) in [4.78, 5) is 9.80. The van der Waals surface area contributed by atoms with Crippen LogP contribution in [0.2, 0.25) is 0 Å². The summed E-state index contributed by atoms with van der Waals surface area (Å²) in [6, 6.07) is 126. The molecule has 0 aliphatic carbocycles. The number of benzene rings is 20. The van der Waals surface area contributed by atoms with Crippen molar-refractivity contribution in [2.24, 2.45) is 0 Å². The molecule has 133 heavy (non-hydrogen) atoms. The van der Waals surface area contributed by atoms with Gasteiger partial charge in [-0.25, -0.2) is 0 Å². The molecule has 0 bridgehead atoms. The summed E-state index contributed by atoms with van der Waals surface area (Å²) in [6.45, 7) is 36.4. The van der Waals surface area contributed by atoms with Gasteiger partial charge in [0, 0.05) is 115 Å². The third-order valence-electron chi connectivity index (χ3n) is 28.8. The van der Waals surface area contributed by atoms with Gasteiger partial charge >= 0.3 is 0 Å².